The molecule has 2 rings (SSSR count). The molecular formula is C13H16BrNO2. The Morgan fingerprint density at radius 2 is 2.18 bits per heavy atom. The molecule has 1 heterocycles. The summed E-state index contributed by atoms with van der Waals surface area (Å²) in [6, 6.07) is 6.00. The van der Waals surface area contributed by atoms with Crippen LogP contribution in [0.25, 0.3) is 0 Å². The van der Waals surface area contributed by atoms with Gasteiger partial charge in [0.1, 0.15) is 0 Å². The van der Waals surface area contributed by atoms with Crippen LogP contribution in [0, 0.1) is 0 Å². The van der Waals surface area contributed by atoms with E-state index in [2.05, 4.69) is 15.9 Å². The van der Waals surface area contributed by atoms with E-state index in [1.54, 1.807) is 4.90 Å². The molecule has 1 amide bonds. The molecule has 0 saturated heterocycles. The van der Waals surface area contributed by atoms with Crippen LogP contribution in [0.15, 0.2) is 18.2 Å². The first kappa shape index (κ1) is 12.6. The van der Waals surface area contributed by atoms with Crippen LogP contribution in [0.3, 0.4) is 0 Å². The second-order valence-electron chi connectivity index (χ2n) is 4.40. The standard InChI is InChI=1S/C13H16BrNO2/c1-9(6-14)15(2)13(16)10-3-4-11-7-17-8-12(11)5-10/h3-5,9H,6-8H2,1-2H3. The summed E-state index contributed by atoms with van der Waals surface area (Å²) in [5, 5.41) is 0.781. The number of ether oxygens (including phenoxy) is 1. The maximum atomic E-state index is 12.2. The molecule has 1 aliphatic heterocycles. The summed E-state index contributed by atoms with van der Waals surface area (Å²) >= 11 is 3.39. The number of benzene rings is 1. The maximum absolute atomic E-state index is 12.2. The highest BCUT2D eigenvalue weighted by atomic mass is 79.9. The lowest BCUT2D eigenvalue weighted by Gasteiger charge is -2.23. The molecule has 0 spiro atoms. The summed E-state index contributed by atoms with van der Waals surface area (Å²) < 4.78 is 5.35. The molecule has 0 fully saturated rings. The Kier molecular flexibility index (Phi) is 3.84. The molecule has 0 bridgehead atoms. The number of carbonyl (C=O) groups excluding carboxylic acids is 1. The molecule has 17 heavy (non-hydrogen) atoms. The van der Waals surface area contributed by atoms with Gasteiger partial charge in [-0.3, -0.25) is 4.79 Å². The van der Waals surface area contributed by atoms with Gasteiger partial charge in [-0.15, -0.1) is 0 Å². The van der Waals surface area contributed by atoms with E-state index in [0.29, 0.717) is 13.2 Å². The minimum atomic E-state index is 0.0617. The van der Waals surface area contributed by atoms with Crippen molar-refractivity contribution in [1.82, 2.24) is 4.90 Å². The van der Waals surface area contributed by atoms with E-state index in [-0.39, 0.29) is 11.9 Å². The topological polar surface area (TPSA) is 29.5 Å². The summed E-state index contributed by atoms with van der Waals surface area (Å²) in [6.45, 7) is 3.30. The summed E-state index contributed by atoms with van der Waals surface area (Å²) in [7, 11) is 1.83. The molecule has 1 aromatic rings. The second kappa shape index (κ2) is 5.19. The number of hydrogen-bond donors (Lipinski definition) is 0. The average Bonchev–Trinajstić information content (AvgIpc) is 2.83. The molecule has 92 valence electrons. The Bertz CT molecular complexity index is 433. The molecule has 0 saturated carbocycles. The van der Waals surface area contributed by atoms with Crippen molar-refractivity contribution < 1.29 is 9.53 Å². The SMILES string of the molecule is CC(CBr)N(C)C(=O)c1ccc2c(c1)COC2. The van der Waals surface area contributed by atoms with Gasteiger partial charge in [-0.05, 0) is 30.2 Å². The minimum absolute atomic E-state index is 0.0617. The van der Waals surface area contributed by atoms with Gasteiger partial charge < -0.3 is 9.64 Å². The molecule has 0 N–H and O–H groups in total. The third-order valence-electron chi connectivity index (χ3n) is 3.17. The van der Waals surface area contributed by atoms with Crippen LogP contribution in [0.2, 0.25) is 0 Å². The maximum Gasteiger partial charge on any atom is 0.253 e. The monoisotopic (exact) mass is 297 g/mol. The Hall–Kier alpha value is -0.870. The Balaban J connectivity index is 2.20. The van der Waals surface area contributed by atoms with Gasteiger partial charge in [0.2, 0.25) is 0 Å². The number of nitrogens with zero attached hydrogens (tertiary/aromatic N) is 1. The first-order chi connectivity index (χ1) is 8.13. The van der Waals surface area contributed by atoms with Crippen molar-refractivity contribution in [1.29, 1.82) is 0 Å². The summed E-state index contributed by atoms with van der Waals surface area (Å²) in [5.74, 6) is 0.0617. The van der Waals surface area contributed by atoms with Crippen LogP contribution in [-0.2, 0) is 18.0 Å². The molecule has 0 aromatic heterocycles. The van der Waals surface area contributed by atoms with E-state index < -0.39 is 0 Å². The predicted molar refractivity (Wildman–Crippen MR) is 70.3 cm³/mol. The quantitative estimate of drug-likeness (QED) is 0.803. The largest absolute Gasteiger partial charge is 0.372 e. The smallest absolute Gasteiger partial charge is 0.253 e. The van der Waals surface area contributed by atoms with Crippen molar-refractivity contribution in [3.05, 3.63) is 34.9 Å². The molecule has 1 unspecified atom stereocenters. The van der Waals surface area contributed by atoms with Gasteiger partial charge in [0.15, 0.2) is 0 Å². The zero-order chi connectivity index (χ0) is 12.4. The first-order valence-electron chi connectivity index (χ1n) is 5.66. The fourth-order valence-corrected chi connectivity index (χ4v) is 2.25. The Morgan fingerprint density at radius 1 is 1.47 bits per heavy atom. The van der Waals surface area contributed by atoms with Crippen molar-refractivity contribution in [3.63, 3.8) is 0 Å². The molecule has 0 radical (unpaired) electrons. The summed E-state index contributed by atoms with van der Waals surface area (Å²) in [4.78, 5) is 14.0. The van der Waals surface area contributed by atoms with Crippen LogP contribution in [0.1, 0.15) is 28.4 Å². The van der Waals surface area contributed by atoms with Crippen molar-refractivity contribution in [2.24, 2.45) is 0 Å². The number of hydrogen-bond acceptors (Lipinski definition) is 2. The highest BCUT2D eigenvalue weighted by Gasteiger charge is 2.19. The van der Waals surface area contributed by atoms with Gasteiger partial charge >= 0.3 is 0 Å². The predicted octanol–water partition coefficient (Wildman–Crippen LogP) is 2.57. The average molecular weight is 298 g/mol. The molecule has 0 aliphatic carbocycles. The van der Waals surface area contributed by atoms with Crippen molar-refractivity contribution in [2.45, 2.75) is 26.2 Å². The van der Waals surface area contributed by atoms with E-state index in [9.17, 15) is 4.79 Å². The number of amides is 1. The number of carbonyl (C=O) groups is 1. The number of fused-ring (bicyclic) bond motifs is 1. The van der Waals surface area contributed by atoms with E-state index in [1.165, 1.54) is 5.56 Å². The minimum Gasteiger partial charge on any atom is -0.372 e. The molecule has 1 atom stereocenters. The van der Waals surface area contributed by atoms with E-state index >= 15 is 0 Å². The van der Waals surface area contributed by atoms with E-state index in [1.807, 2.05) is 32.2 Å². The second-order valence-corrected chi connectivity index (χ2v) is 5.04. The lowest BCUT2D eigenvalue weighted by atomic mass is 10.1. The van der Waals surface area contributed by atoms with Gasteiger partial charge in [-0.1, -0.05) is 22.0 Å². The van der Waals surface area contributed by atoms with Gasteiger partial charge in [-0.2, -0.15) is 0 Å². The fraction of sp³-hybridized carbons (Fsp3) is 0.462. The van der Waals surface area contributed by atoms with Gasteiger partial charge in [-0.25, -0.2) is 0 Å². The van der Waals surface area contributed by atoms with E-state index in [4.69, 9.17) is 4.74 Å². The summed E-state index contributed by atoms with van der Waals surface area (Å²) in [5.41, 5.74) is 3.07. The van der Waals surface area contributed by atoms with Crippen LogP contribution < -0.4 is 0 Å². The molecule has 3 nitrogen and oxygen atoms in total. The zero-order valence-electron chi connectivity index (χ0n) is 10.1. The van der Waals surface area contributed by atoms with Crippen LogP contribution >= 0.6 is 15.9 Å². The summed E-state index contributed by atoms with van der Waals surface area (Å²) in [6.07, 6.45) is 0. The highest BCUT2D eigenvalue weighted by molar-refractivity contribution is 9.09. The van der Waals surface area contributed by atoms with Crippen molar-refractivity contribution in [2.75, 3.05) is 12.4 Å². The third kappa shape index (κ3) is 2.53. The third-order valence-corrected chi connectivity index (χ3v) is 4.11. The van der Waals surface area contributed by atoms with Crippen LogP contribution in [0.5, 0.6) is 0 Å². The Labute approximate surface area is 110 Å². The van der Waals surface area contributed by atoms with E-state index in [0.717, 1.165) is 16.5 Å². The van der Waals surface area contributed by atoms with Crippen LogP contribution in [0.4, 0.5) is 0 Å². The molecule has 1 aliphatic rings. The zero-order valence-corrected chi connectivity index (χ0v) is 11.7. The normalized spacial score (nSPS) is 15.5. The first-order valence-corrected chi connectivity index (χ1v) is 6.78. The molecule has 1 aromatic carbocycles. The Morgan fingerprint density at radius 3 is 2.88 bits per heavy atom. The lowest BCUT2D eigenvalue weighted by molar-refractivity contribution is 0.0758. The van der Waals surface area contributed by atoms with Crippen molar-refractivity contribution >= 4 is 21.8 Å². The van der Waals surface area contributed by atoms with Gasteiger partial charge in [0.05, 0.1) is 13.2 Å². The van der Waals surface area contributed by atoms with Gasteiger partial charge in [0.25, 0.3) is 5.91 Å². The highest BCUT2D eigenvalue weighted by Crippen LogP contribution is 2.21. The number of halogens is 1. The lowest BCUT2D eigenvalue weighted by Crippen LogP contribution is -2.36. The van der Waals surface area contributed by atoms with Gasteiger partial charge in [0, 0.05) is 24.0 Å². The number of alkyl halides is 1. The fourth-order valence-electron chi connectivity index (χ4n) is 1.81. The van der Waals surface area contributed by atoms with Crippen LogP contribution in [-0.4, -0.2) is 29.2 Å². The molecular weight excluding hydrogens is 282 g/mol. The number of rotatable bonds is 3. The molecule has 4 heteroatoms. The van der Waals surface area contributed by atoms with Crippen molar-refractivity contribution in [3.8, 4) is 0 Å².